The van der Waals surface area contributed by atoms with Crippen molar-refractivity contribution in [2.75, 3.05) is 18.4 Å². The minimum atomic E-state index is -0.397. The molecule has 8 heteroatoms. The predicted molar refractivity (Wildman–Crippen MR) is 116 cm³/mol. The SMILES string of the molecule is CC(=O)c1c(C)[nH]c(C(=O)C(C)N2CCCC(C(=O)Nc3ccc(Cl)cn3)C2)c1C. The molecule has 7 nitrogen and oxygen atoms in total. The maximum Gasteiger partial charge on any atom is 0.229 e. The minimum absolute atomic E-state index is 0.0570. The van der Waals surface area contributed by atoms with Gasteiger partial charge in [0.25, 0.3) is 0 Å². The van der Waals surface area contributed by atoms with Gasteiger partial charge in [0, 0.05) is 24.0 Å². The molecule has 1 aliphatic rings. The number of likely N-dealkylation sites (tertiary alicyclic amines) is 1. The Morgan fingerprint density at radius 1 is 1.30 bits per heavy atom. The Balaban J connectivity index is 1.69. The largest absolute Gasteiger partial charge is 0.355 e. The van der Waals surface area contributed by atoms with Crippen LogP contribution in [0, 0.1) is 19.8 Å². The van der Waals surface area contributed by atoms with Crippen LogP contribution in [0.3, 0.4) is 0 Å². The zero-order chi connectivity index (χ0) is 22.0. The van der Waals surface area contributed by atoms with Crippen LogP contribution >= 0.6 is 11.6 Å². The summed E-state index contributed by atoms with van der Waals surface area (Å²) in [6, 6.07) is 2.94. The van der Waals surface area contributed by atoms with E-state index in [1.165, 1.54) is 13.1 Å². The molecular weight excluding hydrogens is 404 g/mol. The zero-order valence-corrected chi connectivity index (χ0v) is 18.5. The number of piperidine rings is 1. The molecule has 1 aliphatic heterocycles. The third-order valence-corrected chi connectivity index (χ3v) is 5.99. The monoisotopic (exact) mass is 430 g/mol. The molecule has 160 valence electrons. The van der Waals surface area contributed by atoms with Crippen molar-refractivity contribution >= 4 is 34.9 Å². The maximum atomic E-state index is 13.1. The Morgan fingerprint density at radius 3 is 2.63 bits per heavy atom. The van der Waals surface area contributed by atoms with Crippen LogP contribution in [-0.4, -0.2) is 51.5 Å². The summed E-state index contributed by atoms with van der Waals surface area (Å²) in [7, 11) is 0. The van der Waals surface area contributed by atoms with Crippen molar-refractivity contribution in [2.45, 2.75) is 46.6 Å². The number of aromatic nitrogens is 2. The van der Waals surface area contributed by atoms with Gasteiger partial charge in [-0.05, 0) is 64.8 Å². The van der Waals surface area contributed by atoms with Gasteiger partial charge in [-0.1, -0.05) is 11.6 Å². The number of carbonyl (C=O) groups excluding carboxylic acids is 3. The molecule has 2 aromatic heterocycles. The molecule has 2 aromatic rings. The van der Waals surface area contributed by atoms with Crippen molar-refractivity contribution in [2.24, 2.45) is 5.92 Å². The first-order valence-corrected chi connectivity index (χ1v) is 10.5. The first-order valence-electron chi connectivity index (χ1n) is 10.1. The highest BCUT2D eigenvalue weighted by molar-refractivity contribution is 6.30. The van der Waals surface area contributed by atoms with E-state index in [1.54, 1.807) is 26.0 Å². The van der Waals surface area contributed by atoms with Crippen molar-refractivity contribution in [1.29, 1.82) is 0 Å². The Hall–Kier alpha value is -2.51. The molecule has 1 saturated heterocycles. The van der Waals surface area contributed by atoms with Crippen LogP contribution in [0.5, 0.6) is 0 Å². The van der Waals surface area contributed by atoms with Gasteiger partial charge in [-0.15, -0.1) is 0 Å². The van der Waals surface area contributed by atoms with Crippen LogP contribution in [-0.2, 0) is 4.79 Å². The van der Waals surface area contributed by atoms with Gasteiger partial charge in [0.2, 0.25) is 5.91 Å². The van der Waals surface area contributed by atoms with E-state index in [9.17, 15) is 14.4 Å². The number of pyridine rings is 1. The van der Waals surface area contributed by atoms with Crippen molar-refractivity contribution < 1.29 is 14.4 Å². The Morgan fingerprint density at radius 2 is 2.03 bits per heavy atom. The van der Waals surface area contributed by atoms with Crippen LogP contribution in [0.15, 0.2) is 18.3 Å². The van der Waals surface area contributed by atoms with Gasteiger partial charge in [0.05, 0.1) is 22.7 Å². The number of anilines is 1. The highest BCUT2D eigenvalue weighted by Gasteiger charge is 2.33. The van der Waals surface area contributed by atoms with Crippen LogP contribution in [0.25, 0.3) is 0 Å². The van der Waals surface area contributed by atoms with E-state index in [1.807, 2.05) is 11.8 Å². The molecule has 0 radical (unpaired) electrons. The van der Waals surface area contributed by atoms with E-state index >= 15 is 0 Å². The third-order valence-electron chi connectivity index (χ3n) is 5.77. The number of H-pyrrole nitrogens is 1. The summed E-state index contributed by atoms with van der Waals surface area (Å²) < 4.78 is 0. The second-order valence-corrected chi connectivity index (χ2v) is 8.34. The number of hydrogen-bond acceptors (Lipinski definition) is 5. The molecule has 1 amide bonds. The van der Waals surface area contributed by atoms with E-state index in [0.717, 1.165) is 19.4 Å². The Kier molecular flexibility index (Phi) is 6.73. The smallest absolute Gasteiger partial charge is 0.229 e. The van der Waals surface area contributed by atoms with Gasteiger partial charge in [-0.25, -0.2) is 4.98 Å². The number of nitrogens with zero attached hydrogens (tertiary/aromatic N) is 2. The van der Waals surface area contributed by atoms with Gasteiger partial charge in [0.15, 0.2) is 11.6 Å². The summed E-state index contributed by atoms with van der Waals surface area (Å²) in [6.45, 7) is 8.19. The standard InChI is InChI=1S/C22H27ClN4O3/c1-12-19(15(4)28)13(2)25-20(12)21(29)14(3)27-9-5-6-16(11-27)22(30)26-18-8-7-17(23)10-24-18/h7-8,10,14,16,25H,5-6,9,11H2,1-4H3,(H,24,26,30). The molecule has 3 rings (SSSR count). The summed E-state index contributed by atoms with van der Waals surface area (Å²) in [5.74, 6) is -0.00689. The third kappa shape index (κ3) is 4.63. The van der Waals surface area contributed by atoms with Crippen LogP contribution < -0.4 is 5.32 Å². The van der Waals surface area contributed by atoms with Gasteiger partial charge < -0.3 is 10.3 Å². The second-order valence-electron chi connectivity index (χ2n) is 7.91. The van der Waals surface area contributed by atoms with E-state index in [4.69, 9.17) is 11.6 Å². The Labute approximate surface area is 181 Å². The number of amides is 1. The first-order chi connectivity index (χ1) is 14.2. The molecule has 0 saturated carbocycles. The van der Waals surface area contributed by atoms with Crippen molar-refractivity contribution in [1.82, 2.24) is 14.9 Å². The molecule has 0 aliphatic carbocycles. The molecule has 2 atom stereocenters. The van der Waals surface area contributed by atoms with Gasteiger partial charge in [-0.2, -0.15) is 0 Å². The fourth-order valence-corrected chi connectivity index (χ4v) is 4.26. The summed E-state index contributed by atoms with van der Waals surface area (Å²) in [4.78, 5) is 47.0. The number of halogens is 1. The molecule has 2 unspecified atom stereocenters. The maximum absolute atomic E-state index is 13.1. The van der Waals surface area contributed by atoms with E-state index in [2.05, 4.69) is 15.3 Å². The molecular formula is C22H27ClN4O3. The summed E-state index contributed by atoms with van der Waals surface area (Å²) >= 11 is 5.84. The first kappa shape index (κ1) is 22.2. The summed E-state index contributed by atoms with van der Waals surface area (Å²) in [5.41, 5.74) is 2.46. The van der Waals surface area contributed by atoms with Crippen LogP contribution in [0.2, 0.25) is 5.02 Å². The number of Topliss-reactive ketones (excluding diaryl/α,β-unsaturated/α-hetero) is 2. The van der Waals surface area contributed by atoms with E-state index < -0.39 is 6.04 Å². The lowest BCUT2D eigenvalue weighted by Gasteiger charge is -2.35. The number of rotatable bonds is 6. The van der Waals surface area contributed by atoms with Crippen LogP contribution in [0.1, 0.15) is 58.8 Å². The molecule has 0 aromatic carbocycles. The number of nitrogens with one attached hydrogen (secondary N) is 2. The number of ketones is 2. The predicted octanol–water partition coefficient (Wildman–Crippen LogP) is 3.80. The van der Waals surface area contributed by atoms with Crippen LogP contribution in [0.4, 0.5) is 5.82 Å². The van der Waals surface area contributed by atoms with Gasteiger partial charge in [-0.3, -0.25) is 19.3 Å². The molecule has 0 bridgehead atoms. The highest BCUT2D eigenvalue weighted by Crippen LogP contribution is 2.24. The quantitative estimate of drug-likeness (QED) is 0.679. The minimum Gasteiger partial charge on any atom is -0.355 e. The van der Waals surface area contributed by atoms with Gasteiger partial charge in [0.1, 0.15) is 5.82 Å². The lowest BCUT2D eigenvalue weighted by atomic mass is 9.94. The number of carbonyl (C=O) groups is 3. The lowest BCUT2D eigenvalue weighted by molar-refractivity contribution is -0.121. The van der Waals surface area contributed by atoms with E-state index in [0.29, 0.717) is 39.9 Å². The fourth-order valence-electron chi connectivity index (χ4n) is 4.15. The number of aryl methyl sites for hydroxylation is 1. The average molecular weight is 431 g/mol. The molecule has 30 heavy (non-hydrogen) atoms. The lowest BCUT2D eigenvalue weighted by Crippen LogP contribution is -2.47. The van der Waals surface area contributed by atoms with Crippen molar-refractivity contribution in [3.05, 3.63) is 45.9 Å². The number of hydrogen-bond donors (Lipinski definition) is 2. The van der Waals surface area contributed by atoms with Crippen molar-refractivity contribution in [3.63, 3.8) is 0 Å². The highest BCUT2D eigenvalue weighted by atomic mass is 35.5. The topological polar surface area (TPSA) is 95.2 Å². The zero-order valence-electron chi connectivity index (χ0n) is 17.7. The number of aromatic amines is 1. The summed E-state index contributed by atoms with van der Waals surface area (Å²) in [5, 5.41) is 3.33. The van der Waals surface area contributed by atoms with Crippen molar-refractivity contribution in [3.8, 4) is 0 Å². The van der Waals surface area contributed by atoms with Gasteiger partial charge >= 0.3 is 0 Å². The molecule has 0 spiro atoms. The second kappa shape index (κ2) is 9.10. The summed E-state index contributed by atoms with van der Waals surface area (Å²) in [6.07, 6.45) is 3.07. The fraction of sp³-hybridized carbons (Fsp3) is 0.455. The van der Waals surface area contributed by atoms with E-state index in [-0.39, 0.29) is 23.4 Å². The average Bonchev–Trinajstić information content (AvgIpc) is 3.02. The molecule has 3 heterocycles. The normalized spacial score (nSPS) is 18.1. The Bertz CT molecular complexity index is 968. The molecule has 2 N–H and O–H groups in total. The molecule has 1 fully saturated rings.